The standard InChI is InChI=1S/C19H20N2O2/c20-16-6-1-2-7-17(16)21-19(23)11-10-18(22)15-9-8-13-4-3-5-14(13)12-15/h1-2,6-9,12H,3-5,10-11,20H2,(H,21,23). The van der Waals surface area contributed by atoms with Gasteiger partial charge in [-0.05, 0) is 48.6 Å². The van der Waals surface area contributed by atoms with Gasteiger partial charge < -0.3 is 11.1 Å². The van der Waals surface area contributed by atoms with Crippen LogP contribution in [0.5, 0.6) is 0 Å². The molecule has 0 spiro atoms. The third-order valence-corrected chi connectivity index (χ3v) is 4.23. The number of amides is 1. The lowest BCUT2D eigenvalue weighted by molar-refractivity contribution is -0.116. The monoisotopic (exact) mass is 308 g/mol. The Labute approximate surface area is 135 Å². The van der Waals surface area contributed by atoms with Gasteiger partial charge in [-0.3, -0.25) is 9.59 Å². The first kappa shape index (κ1) is 15.3. The van der Waals surface area contributed by atoms with Crippen molar-refractivity contribution >= 4 is 23.1 Å². The minimum atomic E-state index is -0.197. The van der Waals surface area contributed by atoms with Gasteiger partial charge in [0.2, 0.25) is 5.91 Å². The molecule has 23 heavy (non-hydrogen) atoms. The minimum absolute atomic E-state index is 0.0101. The molecule has 1 amide bonds. The fourth-order valence-corrected chi connectivity index (χ4v) is 2.94. The molecule has 0 saturated carbocycles. The van der Waals surface area contributed by atoms with Gasteiger partial charge in [0.25, 0.3) is 0 Å². The van der Waals surface area contributed by atoms with E-state index in [4.69, 9.17) is 5.73 Å². The number of fused-ring (bicyclic) bond motifs is 1. The summed E-state index contributed by atoms with van der Waals surface area (Å²) in [5.41, 5.74) is 10.2. The smallest absolute Gasteiger partial charge is 0.224 e. The SMILES string of the molecule is Nc1ccccc1NC(=O)CCC(=O)c1ccc2c(c1)CCC2. The Balaban J connectivity index is 1.56. The second-order valence-corrected chi connectivity index (χ2v) is 5.90. The van der Waals surface area contributed by atoms with E-state index < -0.39 is 0 Å². The van der Waals surface area contributed by atoms with Crippen LogP contribution in [0.4, 0.5) is 11.4 Å². The van der Waals surface area contributed by atoms with Crippen molar-refractivity contribution in [3.63, 3.8) is 0 Å². The van der Waals surface area contributed by atoms with Crippen LogP contribution in [0.3, 0.4) is 0 Å². The summed E-state index contributed by atoms with van der Waals surface area (Å²) in [6.07, 6.45) is 3.67. The number of nitrogens with one attached hydrogen (secondary N) is 1. The summed E-state index contributed by atoms with van der Waals surface area (Å²) in [4.78, 5) is 24.2. The van der Waals surface area contributed by atoms with Gasteiger partial charge >= 0.3 is 0 Å². The fourth-order valence-electron chi connectivity index (χ4n) is 2.94. The molecule has 0 aromatic heterocycles. The highest BCUT2D eigenvalue weighted by molar-refractivity contribution is 6.00. The van der Waals surface area contributed by atoms with E-state index in [1.165, 1.54) is 11.1 Å². The third-order valence-electron chi connectivity index (χ3n) is 4.23. The molecular weight excluding hydrogens is 288 g/mol. The molecule has 0 heterocycles. The number of Topliss-reactive ketones (excluding diaryl/α,β-unsaturated/α-hetero) is 1. The second-order valence-electron chi connectivity index (χ2n) is 5.90. The van der Waals surface area contributed by atoms with E-state index in [1.54, 1.807) is 12.1 Å². The Bertz CT molecular complexity index is 753. The van der Waals surface area contributed by atoms with Crippen molar-refractivity contribution in [2.75, 3.05) is 11.1 Å². The zero-order valence-electron chi connectivity index (χ0n) is 13.0. The number of ketones is 1. The predicted molar refractivity (Wildman–Crippen MR) is 91.5 cm³/mol. The van der Waals surface area contributed by atoms with Gasteiger partial charge in [0.15, 0.2) is 5.78 Å². The van der Waals surface area contributed by atoms with Crippen LogP contribution < -0.4 is 11.1 Å². The summed E-state index contributed by atoms with van der Waals surface area (Å²) in [6.45, 7) is 0. The predicted octanol–water partition coefficient (Wildman–Crippen LogP) is 3.36. The molecule has 2 aromatic rings. The molecule has 0 radical (unpaired) electrons. The number of nitrogen functional groups attached to an aromatic ring is 1. The van der Waals surface area contributed by atoms with E-state index in [1.807, 2.05) is 30.3 Å². The van der Waals surface area contributed by atoms with E-state index >= 15 is 0 Å². The van der Waals surface area contributed by atoms with Gasteiger partial charge in [0.05, 0.1) is 11.4 Å². The van der Waals surface area contributed by atoms with Crippen molar-refractivity contribution in [2.24, 2.45) is 0 Å². The molecule has 0 unspecified atom stereocenters. The van der Waals surface area contributed by atoms with E-state index in [0.717, 1.165) is 19.3 Å². The van der Waals surface area contributed by atoms with Gasteiger partial charge in [0.1, 0.15) is 0 Å². The van der Waals surface area contributed by atoms with E-state index in [0.29, 0.717) is 16.9 Å². The first-order valence-electron chi connectivity index (χ1n) is 7.93. The highest BCUT2D eigenvalue weighted by Gasteiger charge is 2.15. The highest BCUT2D eigenvalue weighted by Crippen LogP contribution is 2.23. The molecule has 3 N–H and O–H groups in total. The third kappa shape index (κ3) is 3.59. The summed E-state index contributed by atoms with van der Waals surface area (Å²) in [6, 6.07) is 13.0. The van der Waals surface area contributed by atoms with E-state index in [9.17, 15) is 9.59 Å². The average Bonchev–Trinajstić information content (AvgIpc) is 3.02. The zero-order chi connectivity index (χ0) is 16.2. The van der Waals surface area contributed by atoms with Crippen molar-refractivity contribution in [2.45, 2.75) is 32.1 Å². The molecule has 0 fully saturated rings. The van der Waals surface area contributed by atoms with Crippen LogP contribution in [0.2, 0.25) is 0 Å². The molecule has 4 heteroatoms. The number of rotatable bonds is 5. The maximum absolute atomic E-state index is 12.3. The van der Waals surface area contributed by atoms with Gasteiger partial charge in [-0.2, -0.15) is 0 Å². The second kappa shape index (κ2) is 6.65. The normalized spacial score (nSPS) is 12.7. The molecule has 0 aliphatic heterocycles. The minimum Gasteiger partial charge on any atom is -0.397 e. The molecule has 3 rings (SSSR count). The molecule has 0 saturated heterocycles. The lowest BCUT2D eigenvalue weighted by Gasteiger charge is -2.08. The zero-order valence-corrected chi connectivity index (χ0v) is 13.0. The Morgan fingerprint density at radius 2 is 1.78 bits per heavy atom. The fraction of sp³-hybridized carbons (Fsp3) is 0.263. The van der Waals surface area contributed by atoms with Crippen LogP contribution in [0.1, 0.15) is 40.7 Å². The summed E-state index contributed by atoms with van der Waals surface area (Å²) in [5, 5.41) is 2.74. The maximum atomic E-state index is 12.3. The van der Waals surface area contributed by atoms with Crippen LogP contribution in [0, 0.1) is 0 Å². The number of hydrogen-bond acceptors (Lipinski definition) is 3. The molecule has 1 aliphatic carbocycles. The first-order valence-corrected chi connectivity index (χ1v) is 7.93. The van der Waals surface area contributed by atoms with E-state index in [-0.39, 0.29) is 24.5 Å². The molecule has 118 valence electrons. The lowest BCUT2D eigenvalue weighted by atomic mass is 10.0. The van der Waals surface area contributed by atoms with Crippen molar-refractivity contribution in [3.8, 4) is 0 Å². The van der Waals surface area contributed by atoms with Crippen molar-refractivity contribution in [1.82, 2.24) is 0 Å². The number of carbonyl (C=O) groups excluding carboxylic acids is 2. The topological polar surface area (TPSA) is 72.2 Å². The number of para-hydroxylation sites is 2. The largest absolute Gasteiger partial charge is 0.397 e. The summed E-state index contributed by atoms with van der Waals surface area (Å²) < 4.78 is 0. The number of aryl methyl sites for hydroxylation is 2. The summed E-state index contributed by atoms with van der Waals surface area (Å²) in [7, 11) is 0. The number of benzene rings is 2. The van der Waals surface area contributed by atoms with Gasteiger partial charge in [-0.25, -0.2) is 0 Å². The van der Waals surface area contributed by atoms with Crippen LogP contribution in [0.15, 0.2) is 42.5 Å². The van der Waals surface area contributed by atoms with Crippen LogP contribution >= 0.6 is 0 Å². The number of anilines is 2. The molecule has 2 aromatic carbocycles. The van der Waals surface area contributed by atoms with E-state index in [2.05, 4.69) is 5.32 Å². The maximum Gasteiger partial charge on any atom is 0.224 e. The Morgan fingerprint density at radius 1 is 1.00 bits per heavy atom. The van der Waals surface area contributed by atoms with Gasteiger partial charge in [-0.15, -0.1) is 0 Å². The molecular formula is C19H20N2O2. The Morgan fingerprint density at radius 3 is 2.61 bits per heavy atom. The molecule has 1 aliphatic rings. The Kier molecular flexibility index (Phi) is 4.42. The number of carbonyl (C=O) groups is 2. The molecule has 0 atom stereocenters. The number of nitrogens with two attached hydrogens (primary N) is 1. The van der Waals surface area contributed by atoms with Crippen molar-refractivity contribution < 1.29 is 9.59 Å². The highest BCUT2D eigenvalue weighted by atomic mass is 16.2. The van der Waals surface area contributed by atoms with Crippen LogP contribution in [-0.4, -0.2) is 11.7 Å². The van der Waals surface area contributed by atoms with Crippen LogP contribution in [0.25, 0.3) is 0 Å². The summed E-state index contributed by atoms with van der Waals surface area (Å²) >= 11 is 0. The lowest BCUT2D eigenvalue weighted by Crippen LogP contribution is -2.14. The van der Waals surface area contributed by atoms with Crippen molar-refractivity contribution in [3.05, 3.63) is 59.2 Å². The quantitative estimate of drug-likeness (QED) is 0.657. The molecule has 4 nitrogen and oxygen atoms in total. The summed E-state index contributed by atoms with van der Waals surface area (Å²) in [5.74, 6) is -0.187. The van der Waals surface area contributed by atoms with Gasteiger partial charge in [0, 0.05) is 18.4 Å². The van der Waals surface area contributed by atoms with Gasteiger partial charge in [-0.1, -0.05) is 24.3 Å². The van der Waals surface area contributed by atoms with Crippen LogP contribution in [-0.2, 0) is 17.6 Å². The number of hydrogen-bond donors (Lipinski definition) is 2. The Hall–Kier alpha value is -2.62. The average molecular weight is 308 g/mol. The molecule has 0 bridgehead atoms. The first-order chi connectivity index (χ1) is 11.1. The van der Waals surface area contributed by atoms with Crippen molar-refractivity contribution in [1.29, 1.82) is 0 Å².